The average Bonchev–Trinajstić information content (AvgIpc) is 3.16. The van der Waals surface area contributed by atoms with Crippen molar-refractivity contribution >= 4 is 33.3 Å². The van der Waals surface area contributed by atoms with Gasteiger partial charge in [0.2, 0.25) is 0 Å². The predicted molar refractivity (Wildman–Crippen MR) is 91.3 cm³/mol. The van der Waals surface area contributed by atoms with Gasteiger partial charge in [0.1, 0.15) is 11.6 Å². The molecule has 1 aliphatic carbocycles. The highest BCUT2D eigenvalue weighted by Crippen LogP contribution is 2.30. The molecule has 0 bridgehead atoms. The lowest BCUT2D eigenvalue weighted by atomic mass is 10.2. The van der Waals surface area contributed by atoms with Gasteiger partial charge < -0.3 is 5.32 Å². The minimum absolute atomic E-state index is 0.325. The van der Waals surface area contributed by atoms with E-state index in [1.165, 1.54) is 16.2 Å². The molecule has 1 atom stereocenters. The van der Waals surface area contributed by atoms with E-state index in [4.69, 9.17) is 0 Å². The molecule has 0 saturated carbocycles. The fourth-order valence-corrected chi connectivity index (χ4v) is 3.87. The minimum atomic E-state index is -0.770. The predicted octanol–water partition coefficient (Wildman–Crippen LogP) is 1.94. The number of amides is 1. The molecule has 0 radical (unpaired) electrons. The van der Waals surface area contributed by atoms with Crippen LogP contribution >= 0.6 is 11.3 Å². The molecule has 2 aromatic heterocycles. The van der Waals surface area contributed by atoms with Crippen molar-refractivity contribution in [1.29, 1.82) is 0 Å². The number of nitrogens with zero attached hydrogens (tertiary/aromatic N) is 4. The first kappa shape index (κ1) is 14.9. The SMILES string of the molecule is C[C@@H](C(=O)Nc1nc2c(s1)CCC2)n1nnc2ccccc2c1=O. The molecule has 24 heavy (non-hydrogen) atoms. The number of thiazole rings is 1. The van der Waals surface area contributed by atoms with Crippen molar-refractivity contribution in [3.05, 3.63) is 45.2 Å². The van der Waals surface area contributed by atoms with Crippen LogP contribution in [-0.2, 0) is 17.6 Å². The molecule has 122 valence electrons. The summed E-state index contributed by atoms with van der Waals surface area (Å²) in [6.45, 7) is 1.63. The topological polar surface area (TPSA) is 89.8 Å². The van der Waals surface area contributed by atoms with E-state index in [-0.39, 0.29) is 11.5 Å². The Labute approximate surface area is 141 Å². The molecular weight excluding hydrogens is 326 g/mol. The average molecular weight is 341 g/mol. The van der Waals surface area contributed by atoms with E-state index in [2.05, 4.69) is 20.6 Å². The summed E-state index contributed by atoms with van der Waals surface area (Å²) < 4.78 is 1.11. The Hall–Kier alpha value is -2.61. The van der Waals surface area contributed by atoms with E-state index >= 15 is 0 Å². The van der Waals surface area contributed by atoms with Gasteiger partial charge in [0.05, 0.1) is 11.1 Å². The molecule has 2 heterocycles. The zero-order valence-corrected chi connectivity index (χ0v) is 13.8. The van der Waals surface area contributed by atoms with E-state index in [1.54, 1.807) is 31.2 Å². The van der Waals surface area contributed by atoms with Crippen molar-refractivity contribution < 1.29 is 4.79 Å². The normalized spacial score (nSPS) is 14.5. The summed E-state index contributed by atoms with van der Waals surface area (Å²) in [7, 11) is 0. The molecule has 0 fully saturated rings. The van der Waals surface area contributed by atoms with Crippen molar-refractivity contribution in [2.45, 2.75) is 32.2 Å². The number of fused-ring (bicyclic) bond motifs is 2. The first-order valence-electron chi connectivity index (χ1n) is 7.77. The largest absolute Gasteiger partial charge is 0.300 e. The second-order valence-corrected chi connectivity index (χ2v) is 6.85. The van der Waals surface area contributed by atoms with Crippen molar-refractivity contribution in [2.24, 2.45) is 0 Å². The second kappa shape index (κ2) is 5.79. The third kappa shape index (κ3) is 2.48. The van der Waals surface area contributed by atoms with E-state index in [1.807, 2.05) is 0 Å². The highest BCUT2D eigenvalue weighted by molar-refractivity contribution is 7.15. The van der Waals surface area contributed by atoms with Crippen molar-refractivity contribution in [3.8, 4) is 0 Å². The number of anilines is 1. The number of aryl methyl sites for hydroxylation is 2. The third-order valence-electron chi connectivity index (χ3n) is 4.16. The summed E-state index contributed by atoms with van der Waals surface area (Å²) in [6.07, 6.45) is 3.11. The third-order valence-corrected chi connectivity index (χ3v) is 5.24. The van der Waals surface area contributed by atoms with Gasteiger partial charge in [-0.1, -0.05) is 17.3 Å². The van der Waals surface area contributed by atoms with Crippen LogP contribution in [0.5, 0.6) is 0 Å². The van der Waals surface area contributed by atoms with Crippen LogP contribution in [0.25, 0.3) is 10.9 Å². The number of aromatic nitrogens is 4. The van der Waals surface area contributed by atoms with Crippen LogP contribution in [-0.4, -0.2) is 25.9 Å². The van der Waals surface area contributed by atoms with Crippen molar-refractivity contribution in [1.82, 2.24) is 20.0 Å². The van der Waals surface area contributed by atoms with Crippen LogP contribution in [0.1, 0.15) is 30.0 Å². The van der Waals surface area contributed by atoms with Crippen LogP contribution in [0.3, 0.4) is 0 Å². The first-order chi connectivity index (χ1) is 11.6. The Balaban J connectivity index is 1.60. The highest BCUT2D eigenvalue weighted by Gasteiger charge is 2.22. The Morgan fingerprint density at radius 2 is 2.17 bits per heavy atom. The molecule has 3 aromatic rings. The Kier molecular flexibility index (Phi) is 3.61. The van der Waals surface area contributed by atoms with Crippen molar-refractivity contribution in [3.63, 3.8) is 0 Å². The maximum Gasteiger partial charge on any atom is 0.278 e. The van der Waals surface area contributed by atoms with E-state index < -0.39 is 6.04 Å². The number of carbonyl (C=O) groups excluding carboxylic acids is 1. The number of hydrogen-bond acceptors (Lipinski definition) is 6. The molecule has 8 heteroatoms. The molecule has 1 amide bonds. The molecular formula is C16H15N5O2S. The fourth-order valence-electron chi connectivity index (χ4n) is 2.82. The molecule has 1 N–H and O–H groups in total. The number of rotatable bonds is 3. The van der Waals surface area contributed by atoms with Crippen molar-refractivity contribution in [2.75, 3.05) is 5.32 Å². The monoisotopic (exact) mass is 341 g/mol. The van der Waals surface area contributed by atoms with Crippen LogP contribution < -0.4 is 10.9 Å². The second-order valence-electron chi connectivity index (χ2n) is 5.76. The molecule has 4 rings (SSSR count). The summed E-state index contributed by atoms with van der Waals surface area (Å²) in [4.78, 5) is 30.6. The lowest BCUT2D eigenvalue weighted by molar-refractivity contribution is -0.119. The molecule has 0 aliphatic heterocycles. The highest BCUT2D eigenvalue weighted by atomic mass is 32.1. The van der Waals surface area contributed by atoms with E-state index in [9.17, 15) is 9.59 Å². The molecule has 7 nitrogen and oxygen atoms in total. The smallest absolute Gasteiger partial charge is 0.278 e. The lowest BCUT2D eigenvalue weighted by Crippen LogP contribution is -2.34. The van der Waals surface area contributed by atoms with Gasteiger partial charge in [0.15, 0.2) is 5.13 Å². The van der Waals surface area contributed by atoms with Crippen LogP contribution in [0.2, 0.25) is 0 Å². The summed E-state index contributed by atoms with van der Waals surface area (Å²) >= 11 is 1.50. The Morgan fingerprint density at radius 1 is 1.33 bits per heavy atom. The summed E-state index contributed by atoms with van der Waals surface area (Å²) in [5.41, 5.74) is 1.26. The minimum Gasteiger partial charge on any atom is -0.300 e. The van der Waals surface area contributed by atoms with Gasteiger partial charge in [-0.15, -0.1) is 16.4 Å². The van der Waals surface area contributed by atoms with Gasteiger partial charge >= 0.3 is 0 Å². The number of nitrogens with one attached hydrogen (secondary N) is 1. The maximum absolute atomic E-state index is 12.5. The van der Waals surface area contributed by atoms with Gasteiger partial charge in [-0.2, -0.15) is 4.68 Å². The fraction of sp³-hybridized carbons (Fsp3) is 0.312. The zero-order valence-electron chi connectivity index (χ0n) is 13.0. The lowest BCUT2D eigenvalue weighted by Gasteiger charge is -2.12. The Bertz CT molecular complexity index is 972. The summed E-state index contributed by atoms with van der Waals surface area (Å²) in [5.74, 6) is -0.325. The summed E-state index contributed by atoms with van der Waals surface area (Å²) in [6, 6.07) is 6.18. The molecule has 1 aromatic carbocycles. The molecule has 1 aliphatic rings. The standard InChI is InChI=1S/C16H15N5O2S/c1-9(14(22)18-16-17-12-7-4-8-13(12)24-16)21-15(23)10-5-2-3-6-11(10)19-20-21/h2-3,5-6,9H,4,7-8H2,1H3,(H,17,18,22)/t9-/m0/s1. The van der Waals surface area contributed by atoms with E-state index in [0.29, 0.717) is 16.0 Å². The van der Waals surface area contributed by atoms with Gasteiger partial charge in [0, 0.05) is 4.88 Å². The van der Waals surface area contributed by atoms with Crippen LogP contribution in [0.4, 0.5) is 5.13 Å². The number of carbonyl (C=O) groups is 1. The zero-order chi connectivity index (χ0) is 16.7. The van der Waals surface area contributed by atoms with Gasteiger partial charge in [0.25, 0.3) is 11.5 Å². The summed E-state index contributed by atoms with van der Waals surface area (Å²) in [5, 5.41) is 11.7. The maximum atomic E-state index is 12.5. The van der Waals surface area contributed by atoms with Gasteiger partial charge in [-0.25, -0.2) is 4.98 Å². The molecule has 0 unspecified atom stereocenters. The van der Waals surface area contributed by atoms with Crippen LogP contribution in [0, 0.1) is 0 Å². The quantitative estimate of drug-likeness (QED) is 0.786. The number of benzene rings is 1. The molecule has 0 saturated heterocycles. The van der Waals surface area contributed by atoms with Crippen LogP contribution in [0.15, 0.2) is 29.1 Å². The first-order valence-corrected chi connectivity index (χ1v) is 8.59. The van der Waals surface area contributed by atoms with E-state index in [0.717, 1.165) is 29.6 Å². The Morgan fingerprint density at radius 3 is 3.00 bits per heavy atom. The molecule has 0 spiro atoms. The number of hydrogen-bond donors (Lipinski definition) is 1. The van der Waals surface area contributed by atoms with Gasteiger partial charge in [-0.05, 0) is 38.3 Å². The van der Waals surface area contributed by atoms with Gasteiger partial charge in [-0.3, -0.25) is 9.59 Å².